The molecule has 3 nitrogen and oxygen atoms in total. The third-order valence-corrected chi connectivity index (χ3v) is 13.1. The smallest absolute Gasteiger partial charge is 0.159 e. The van der Waals surface area contributed by atoms with Gasteiger partial charge in [0.05, 0.1) is 5.69 Å². The molecule has 10 aromatic rings. The van der Waals surface area contributed by atoms with Crippen molar-refractivity contribution < 1.29 is 4.74 Å². The summed E-state index contributed by atoms with van der Waals surface area (Å²) in [7, 11) is 0. The molecule has 0 aromatic heterocycles. The van der Waals surface area contributed by atoms with Crippen molar-refractivity contribution >= 4 is 39.7 Å². The van der Waals surface area contributed by atoms with E-state index >= 15 is 0 Å². The van der Waals surface area contributed by atoms with Gasteiger partial charge in [-0.1, -0.05) is 182 Å². The van der Waals surface area contributed by atoms with Crippen LogP contribution in [0.2, 0.25) is 0 Å². The number of hydrogen-bond donors (Lipinski definition) is 0. The van der Waals surface area contributed by atoms with Crippen LogP contribution in [0.1, 0.15) is 23.1 Å². The van der Waals surface area contributed by atoms with Crippen molar-refractivity contribution in [2.45, 2.75) is 12.8 Å². The highest BCUT2D eigenvalue weighted by Crippen LogP contribution is 2.55. The number of ether oxygens (including phenoxy) is 1. The number of rotatable bonds is 10. The molecule has 1 aliphatic heterocycles. The van der Waals surface area contributed by atoms with E-state index in [0.717, 1.165) is 64.0 Å². The average Bonchev–Trinajstić information content (AvgIpc) is 3.41. The average molecular weight is 859 g/mol. The van der Waals surface area contributed by atoms with Gasteiger partial charge in [0.1, 0.15) is 5.75 Å². The van der Waals surface area contributed by atoms with E-state index in [4.69, 9.17) is 4.74 Å². The lowest BCUT2D eigenvalue weighted by molar-refractivity contribution is 0.473. The summed E-state index contributed by atoms with van der Waals surface area (Å²) in [5.41, 5.74) is 20.6. The molecule has 0 bridgehead atoms. The minimum absolute atomic E-state index is 0.848. The van der Waals surface area contributed by atoms with Crippen molar-refractivity contribution in [3.63, 3.8) is 0 Å². The Labute approximate surface area is 392 Å². The fourth-order valence-corrected chi connectivity index (χ4v) is 9.79. The van der Waals surface area contributed by atoms with Gasteiger partial charge in [0, 0.05) is 39.6 Å². The van der Waals surface area contributed by atoms with Crippen molar-refractivity contribution in [2.24, 2.45) is 0 Å². The van der Waals surface area contributed by atoms with Crippen LogP contribution in [0, 0.1) is 0 Å². The Morgan fingerprint density at radius 2 is 0.701 bits per heavy atom. The topological polar surface area (TPSA) is 15.7 Å². The standard InChI is InChI=1S/C64H46N2O/c1-5-14-45(15-6-1)49-24-33-54(34-25-49)65(55-35-26-50(27-36-55)46-16-7-2-8-17-46)58-41-43-62-60(44-58)59-23-13-22-53-32-42-61(64(67-62)63(53)59)66(56-37-28-51(29-38-56)47-18-9-3-10-19-47)57-39-30-52(31-40-57)48-20-11-4-12-21-48/h1-12,14-21,23-44H,13,22H2. The molecular weight excluding hydrogens is 813 g/mol. The molecule has 0 atom stereocenters. The van der Waals surface area contributed by atoms with Crippen LogP contribution < -0.4 is 14.5 Å². The zero-order chi connectivity index (χ0) is 44.5. The first kappa shape index (κ1) is 39.9. The number of benzene rings is 10. The molecule has 0 saturated carbocycles. The summed E-state index contributed by atoms with van der Waals surface area (Å²) < 4.78 is 7.24. The van der Waals surface area contributed by atoms with Crippen molar-refractivity contribution in [3.8, 4) is 56.0 Å². The monoisotopic (exact) mass is 858 g/mol. The maximum Gasteiger partial charge on any atom is 0.159 e. The van der Waals surface area contributed by atoms with Gasteiger partial charge in [0.15, 0.2) is 5.75 Å². The molecule has 0 spiro atoms. The first-order valence-electron chi connectivity index (χ1n) is 23.1. The maximum atomic E-state index is 7.24. The Hall–Kier alpha value is -8.66. The first-order chi connectivity index (χ1) is 33.2. The van der Waals surface area contributed by atoms with Gasteiger partial charge < -0.3 is 14.5 Å². The van der Waals surface area contributed by atoms with Gasteiger partial charge in [-0.15, -0.1) is 0 Å². The van der Waals surface area contributed by atoms with E-state index < -0.39 is 0 Å². The van der Waals surface area contributed by atoms with E-state index in [1.165, 1.54) is 61.2 Å². The zero-order valence-corrected chi connectivity index (χ0v) is 37.0. The van der Waals surface area contributed by atoms with Gasteiger partial charge in [-0.3, -0.25) is 0 Å². The third kappa shape index (κ3) is 7.67. The Morgan fingerprint density at radius 3 is 1.12 bits per heavy atom. The van der Waals surface area contributed by atoms with Crippen LogP contribution in [0.5, 0.6) is 11.5 Å². The quantitative estimate of drug-likeness (QED) is 0.136. The molecule has 0 radical (unpaired) electrons. The number of nitrogens with zero attached hydrogens (tertiary/aromatic N) is 2. The molecule has 2 aliphatic rings. The normalized spacial score (nSPS) is 12.3. The van der Waals surface area contributed by atoms with Gasteiger partial charge in [-0.25, -0.2) is 0 Å². The molecule has 318 valence electrons. The largest absolute Gasteiger partial charge is 0.454 e. The van der Waals surface area contributed by atoms with Crippen molar-refractivity contribution in [2.75, 3.05) is 9.80 Å². The first-order valence-corrected chi connectivity index (χ1v) is 23.1. The van der Waals surface area contributed by atoms with E-state index in [-0.39, 0.29) is 0 Å². The molecule has 3 heteroatoms. The van der Waals surface area contributed by atoms with Crippen LogP contribution in [-0.2, 0) is 6.42 Å². The summed E-state index contributed by atoms with van der Waals surface area (Å²) in [6.45, 7) is 0. The minimum Gasteiger partial charge on any atom is -0.454 e. The van der Waals surface area contributed by atoms with E-state index in [1.807, 2.05) is 0 Å². The van der Waals surface area contributed by atoms with Crippen molar-refractivity contribution in [1.82, 2.24) is 0 Å². The van der Waals surface area contributed by atoms with Gasteiger partial charge in [-0.2, -0.15) is 0 Å². The fraction of sp³-hybridized carbons (Fsp3) is 0.0312. The lowest BCUT2D eigenvalue weighted by Crippen LogP contribution is -2.16. The molecule has 10 aromatic carbocycles. The SMILES string of the molecule is C1=C2c3cc(N(c4ccc(-c5ccccc5)cc4)c4ccc(-c5ccccc5)cc4)ccc3Oc3c(N(c4ccc(-c5ccccc5)cc4)c4ccc(-c5ccccc5)cc4)ccc(c32)CC1. The van der Waals surface area contributed by atoms with Gasteiger partial charge >= 0.3 is 0 Å². The van der Waals surface area contributed by atoms with E-state index in [2.05, 4.69) is 265 Å². The second kappa shape index (κ2) is 17.4. The fourth-order valence-electron chi connectivity index (χ4n) is 9.79. The molecule has 0 amide bonds. The molecule has 1 heterocycles. The second-order valence-corrected chi connectivity index (χ2v) is 17.2. The van der Waals surface area contributed by atoms with Crippen LogP contribution in [-0.4, -0.2) is 0 Å². The maximum absolute atomic E-state index is 7.24. The molecule has 0 fully saturated rings. The predicted octanol–water partition coefficient (Wildman–Crippen LogP) is 17.8. The highest BCUT2D eigenvalue weighted by Gasteiger charge is 2.32. The zero-order valence-electron chi connectivity index (χ0n) is 37.0. The summed E-state index contributed by atoms with van der Waals surface area (Å²) >= 11 is 0. The Morgan fingerprint density at radius 1 is 0.328 bits per heavy atom. The molecule has 1 aliphatic carbocycles. The number of hydrogen-bond acceptors (Lipinski definition) is 3. The predicted molar refractivity (Wildman–Crippen MR) is 279 cm³/mol. The highest BCUT2D eigenvalue weighted by atomic mass is 16.5. The molecular formula is C64H46N2O. The summed E-state index contributed by atoms with van der Waals surface area (Å²) in [5, 5.41) is 0. The van der Waals surface area contributed by atoms with E-state index in [9.17, 15) is 0 Å². The molecule has 0 unspecified atom stereocenters. The molecule has 12 rings (SSSR count). The Kier molecular flexibility index (Phi) is 10.3. The van der Waals surface area contributed by atoms with Gasteiger partial charge in [0.2, 0.25) is 0 Å². The highest BCUT2D eigenvalue weighted by molar-refractivity contribution is 5.97. The van der Waals surface area contributed by atoms with Crippen LogP contribution in [0.15, 0.2) is 255 Å². The van der Waals surface area contributed by atoms with E-state index in [1.54, 1.807) is 0 Å². The number of aryl methyl sites for hydroxylation is 1. The summed E-state index contributed by atoms with van der Waals surface area (Å²) in [6.07, 6.45) is 4.33. The van der Waals surface area contributed by atoms with Crippen molar-refractivity contribution in [1.29, 1.82) is 0 Å². The molecule has 0 N–H and O–H groups in total. The summed E-state index contributed by atoms with van der Waals surface area (Å²) in [6, 6.07) is 89.2. The Bertz CT molecular complexity index is 3200. The molecule has 0 saturated heterocycles. The van der Waals surface area contributed by atoms with Crippen LogP contribution in [0.3, 0.4) is 0 Å². The summed E-state index contributed by atoms with van der Waals surface area (Å²) in [4.78, 5) is 4.71. The van der Waals surface area contributed by atoms with Crippen LogP contribution in [0.4, 0.5) is 34.1 Å². The van der Waals surface area contributed by atoms with Crippen LogP contribution in [0.25, 0.3) is 50.1 Å². The lowest BCUT2D eigenvalue weighted by atomic mass is 9.83. The van der Waals surface area contributed by atoms with Crippen molar-refractivity contribution in [3.05, 3.63) is 271 Å². The minimum atomic E-state index is 0.848. The third-order valence-electron chi connectivity index (χ3n) is 13.1. The Balaban J connectivity index is 0.957. The van der Waals surface area contributed by atoms with Crippen LogP contribution >= 0.6 is 0 Å². The second-order valence-electron chi connectivity index (χ2n) is 17.2. The lowest BCUT2D eigenvalue weighted by Gasteiger charge is -2.34. The van der Waals surface area contributed by atoms with Gasteiger partial charge in [0.25, 0.3) is 0 Å². The summed E-state index contributed by atoms with van der Waals surface area (Å²) in [5.74, 6) is 1.73. The van der Waals surface area contributed by atoms with E-state index in [0.29, 0.717) is 0 Å². The molecule has 67 heavy (non-hydrogen) atoms. The van der Waals surface area contributed by atoms with Gasteiger partial charge in [-0.05, 0) is 141 Å². The number of allylic oxidation sites excluding steroid dienone is 1. The number of fused-ring (bicyclic) bond motifs is 2. The number of anilines is 6.